The van der Waals surface area contributed by atoms with Crippen molar-refractivity contribution >= 4 is 16.7 Å². The minimum absolute atomic E-state index is 0.647. The van der Waals surface area contributed by atoms with Crippen molar-refractivity contribution in [3.8, 4) is 0 Å². The number of nitrogens with one attached hydrogen (secondary N) is 1. The SMILES string of the molecule is COCCOCCNCc1cc2ccccc2nc1N1CCCCC1. The van der Waals surface area contributed by atoms with E-state index in [2.05, 4.69) is 40.5 Å². The zero-order valence-corrected chi connectivity index (χ0v) is 15.2. The lowest BCUT2D eigenvalue weighted by Crippen LogP contribution is -2.32. The van der Waals surface area contributed by atoms with Gasteiger partial charge in [-0.25, -0.2) is 4.98 Å². The van der Waals surface area contributed by atoms with Crippen LogP contribution in [-0.2, 0) is 16.0 Å². The number of fused-ring (bicyclic) bond motifs is 1. The number of hydrogen-bond donors (Lipinski definition) is 1. The van der Waals surface area contributed by atoms with Gasteiger partial charge in [0.05, 0.1) is 25.3 Å². The molecule has 136 valence electrons. The van der Waals surface area contributed by atoms with Crippen LogP contribution >= 0.6 is 0 Å². The van der Waals surface area contributed by atoms with E-state index in [1.54, 1.807) is 7.11 Å². The molecule has 1 aliphatic heterocycles. The van der Waals surface area contributed by atoms with Gasteiger partial charge in [0, 0.05) is 44.2 Å². The van der Waals surface area contributed by atoms with Gasteiger partial charge >= 0.3 is 0 Å². The Balaban J connectivity index is 1.66. The minimum Gasteiger partial charge on any atom is -0.382 e. The smallest absolute Gasteiger partial charge is 0.133 e. The second-order valence-corrected chi connectivity index (χ2v) is 6.49. The molecule has 0 aliphatic carbocycles. The summed E-state index contributed by atoms with van der Waals surface area (Å²) in [5.74, 6) is 1.14. The van der Waals surface area contributed by atoms with Crippen LogP contribution in [0.2, 0.25) is 0 Å². The summed E-state index contributed by atoms with van der Waals surface area (Å²) in [4.78, 5) is 7.42. The molecule has 0 saturated carbocycles. The standard InChI is InChI=1S/C20H29N3O2/c1-24-13-14-25-12-9-21-16-18-15-17-7-3-4-8-19(17)22-20(18)23-10-5-2-6-11-23/h3-4,7-8,15,21H,2,5-6,9-14,16H2,1H3. The first kappa shape index (κ1) is 18.1. The van der Waals surface area contributed by atoms with Crippen molar-refractivity contribution in [1.29, 1.82) is 0 Å². The Hall–Kier alpha value is -1.69. The number of piperidine rings is 1. The molecule has 2 heterocycles. The van der Waals surface area contributed by atoms with Crippen molar-refractivity contribution in [3.05, 3.63) is 35.9 Å². The fourth-order valence-corrected chi connectivity index (χ4v) is 3.27. The monoisotopic (exact) mass is 343 g/mol. The molecule has 1 N–H and O–H groups in total. The summed E-state index contributed by atoms with van der Waals surface area (Å²) >= 11 is 0. The molecule has 3 rings (SSSR count). The highest BCUT2D eigenvalue weighted by Gasteiger charge is 2.16. The molecule has 1 aliphatic rings. The summed E-state index contributed by atoms with van der Waals surface area (Å²) in [7, 11) is 1.69. The van der Waals surface area contributed by atoms with E-state index in [1.165, 1.54) is 30.2 Å². The van der Waals surface area contributed by atoms with Gasteiger partial charge in [-0.1, -0.05) is 18.2 Å². The molecule has 1 saturated heterocycles. The van der Waals surface area contributed by atoms with Gasteiger partial charge in [0.25, 0.3) is 0 Å². The van der Waals surface area contributed by atoms with E-state index in [9.17, 15) is 0 Å². The number of para-hydroxylation sites is 1. The van der Waals surface area contributed by atoms with Crippen LogP contribution in [0.1, 0.15) is 24.8 Å². The van der Waals surface area contributed by atoms with Gasteiger partial charge in [0.1, 0.15) is 5.82 Å². The minimum atomic E-state index is 0.647. The first-order valence-corrected chi connectivity index (χ1v) is 9.29. The normalized spacial score (nSPS) is 15.0. The Morgan fingerprint density at radius 1 is 1.08 bits per heavy atom. The van der Waals surface area contributed by atoms with Crippen molar-refractivity contribution in [3.63, 3.8) is 0 Å². The Morgan fingerprint density at radius 3 is 2.76 bits per heavy atom. The molecule has 1 aromatic carbocycles. The summed E-state index contributed by atoms with van der Waals surface area (Å²) in [5, 5.41) is 4.70. The molecule has 0 bridgehead atoms. The molecule has 2 aromatic rings. The third-order valence-electron chi connectivity index (χ3n) is 4.61. The van der Waals surface area contributed by atoms with Gasteiger partial charge in [0.15, 0.2) is 0 Å². The van der Waals surface area contributed by atoms with Gasteiger partial charge < -0.3 is 19.7 Å². The topological polar surface area (TPSA) is 46.6 Å². The molecule has 0 atom stereocenters. The van der Waals surface area contributed by atoms with E-state index in [0.717, 1.165) is 37.5 Å². The molecular weight excluding hydrogens is 314 g/mol. The first-order valence-electron chi connectivity index (χ1n) is 9.29. The molecule has 5 heteroatoms. The second kappa shape index (κ2) is 9.70. The van der Waals surface area contributed by atoms with Gasteiger partial charge in [-0.15, -0.1) is 0 Å². The largest absolute Gasteiger partial charge is 0.382 e. The number of aromatic nitrogens is 1. The van der Waals surface area contributed by atoms with Crippen LogP contribution in [0.4, 0.5) is 5.82 Å². The lowest BCUT2D eigenvalue weighted by molar-refractivity contribution is 0.0719. The van der Waals surface area contributed by atoms with Crippen molar-refractivity contribution < 1.29 is 9.47 Å². The number of anilines is 1. The Morgan fingerprint density at radius 2 is 1.92 bits per heavy atom. The molecule has 1 fully saturated rings. The third-order valence-corrected chi connectivity index (χ3v) is 4.61. The van der Waals surface area contributed by atoms with Crippen molar-refractivity contribution in [2.24, 2.45) is 0 Å². The number of nitrogens with zero attached hydrogens (tertiary/aromatic N) is 2. The van der Waals surface area contributed by atoms with Gasteiger partial charge in [0.2, 0.25) is 0 Å². The first-order chi connectivity index (χ1) is 12.4. The van der Waals surface area contributed by atoms with Crippen molar-refractivity contribution in [1.82, 2.24) is 10.3 Å². The second-order valence-electron chi connectivity index (χ2n) is 6.49. The maximum atomic E-state index is 5.52. The predicted octanol–water partition coefficient (Wildman–Crippen LogP) is 2.98. The number of pyridine rings is 1. The third kappa shape index (κ3) is 5.14. The molecule has 1 aromatic heterocycles. The van der Waals surface area contributed by atoms with E-state index in [0.29, 0.717) is 19.8 Å². The quantitative estimate of drug-likeness (QED) is 0.709. The fourth-order valence-electron chi connectivity index (χ4n) is 3.27. The maximum Gasteiger partial charge on any atom is 0.133 e. The molecule has 25 heavy (non-hydrogen) atoms. The van der Waals surface area contributed by atoms with E-state index >= 15 is 0 Å². The number of rotatable bonds is 9. The number of hydrogen-bond acceptors (Lipinski definition) is 5. The van der Waals surface area contributed by atoms with Crippen LogP contribution in [0.15, 0.2) is 30.3 Å². The summed E-state index contributed by atoms with van der Waals surface area (Å²) in [6, 6.07) is 10.7. The van der Waals surface area contributed by atoms with Crippen LogP contribution in [0.25, 0.3) is 10.9 Å². The Labute approximate surface area is 150 Å². The average Bonchev–Trinajstić information content (AvgIpc) is 2.67. The van der Waals surface area contributed by atoms with Crippen LogP contribution < -0.4 is 10.2 Å². The maximum absolute atomic E-state index is 5.52. The average molecular weight is 343 g/mol. The van der Waals surface area contributed by atoms with Crippen LogP contribution in [0, 0.1) is 0 Å². The van der Waals surface area contributed by atoms with Gasteiger partial charge in [-0.3, -0.25) is 0 Å². The highest BCUT2D eigenvalue weighted by Crippen LogP contribution is 2.26. The molecule has 5 nitrogen and oxygen atoms in total. The van der Waals surface area contributed by atoms with Crippen LogP contribution in [0.5, 0.6) is 0 Å². The van der Waals surface area contributed by atoms with Crippen LogP contribution in [0.3, 0.4) is 0 Å². The summed E-state index contributed by atoms with van der Waals surface area (Å²) < 4.78 is 10.5. The van der Waals surface area contributed by atoms with Crippen molar-refractivity contribution in [2.75, 3.05) is 51.5 Å². The molecular formula is C20H29N3O2. The zero-order valence-electron chi connectivity index (χ0n) is 15.2. The highest BCUT2D eigenvalue weighted by molar-refractivity contribution is 5.81. The van der Waals surface area contributed by atoms with Gasteiger partial charge in [-0.2, -0.15) is 0 Å². The summed E-state index contributed by atoms with van der Waals surface area (Å²) in [6.45, 7) is 5.86. The van der Waals surface area contributed by atoms with E-state index in [4.69, 9.17) is 14.5 Å². The van der Waals surface area contributed by atoms with E-state index < -0.39 is 0 Å². The highest BCUT2D eigenvalue weighted by atomic mass is 16.5. The molecule has 0 spiro atoms. The molecule has 0 amide bonds. The summed E-state index contributed by atoms with van der Waals surface area (Å²) in [6.07, 6.45) is 3.85. The lowest BCUT2D eigenvalue weighted by atomic mass is 10.1. The molecule has 0 unspecified atom stereocenters. The molecule has 0 radical (unpaired) electrons. The van der Waals surface area contributed by atoms with E-state index in [1.807, 2.05) is 0 Å². The Bertz CT molecular complexity index is 656. The fraction of sp³-hybridized carbons (Fsp3) is 0.550. The number of ether oxygens (including phenoxy) is 2. The predicted molar refractivity (Wildman–Crippen MR) is 102 cm³/mol. The summed E-state index contributed by atoms with van der Waals surface area (Å²) in [5.41, 5.74) is 2.35. The number of benzene rings is 1. The van der Waals surface area contributed by atoms with Crippen molar-refractivity contribution in [2.45, 2.75) is 25.8 Å². The lowest BCUT2D eigenvalue weighted by Gasteiger charge is -2.30. The number of methoxy groups -OCH3 is 1. The Kier molecular flexibility index (Phi) is 7.03. The van der Waals surface area contributed by atoms with Gasteiger partial charge in [-0.05, 0) is 31.4 Å². The van der Waals surface area contributed by atoms with E-state index in [-0.39, 0.29) is 0 Å². The zero-order chi connectivity index (χ0) is 17.3. The van der Waals surface area contributed by atoms with Crippen LogP contribution in [-0.4, -0.2) is 51.5 Å².